The highest BCUT2D eigenvalue weighted by Crippen LogP contribution is 2.28. The summed E-state index contributed by atoms with van der Waals surface area (Å²) < 4.78 is 0. The summed E-state index contributed by atoms with van der Waals surface area (Å²) in [6, 6.07) is 8.38. The minimum absolute atomic E-state index is 0.319. The second-order valence-corrected chi connectivity index (χ2v) is 5.38. The van der Waals surface area contributed by atoms with Crippen LogP contribution in [0.2, 0.25) is 0 Å². The highest BCUT2D eigenvalue weighted by Gasteiger charge is 2.25. The SMILES string of the molecule is CC[C@@H](O)c1ccc(N2CC(C)C(C)C2)cc1. The fourth-order valence-electron chi connectivity index (χ4n) is 2.48. The van der Waals surface area contributed by atoms with Gasteiger partial charge in [0.25, 0.3) is 0 Å². The molecule has 3 atom stereocenters. The monoisotopic (exact) mass is 233 g/mol. The van der Waals surface area contributed by atoms with E-state index in [2.05, 4.69) is 43.0 Å². The average Bonchev–Trinajstić information content (AvgIpc) is 2.69. The standard InChI is InChI=1S/C15H23NO/c1-4-15(17)13-5-7-14(8-6-13)16-9-11(2)12(3)10-16/h5-8,11-12,15,17H,4,9-10H2,1-3H3/t11?,12?,15-/m1/s1. The van der Waals surface area contributed by atoms with Crippen LogP contribution in [0.25, 0.3) is 0 Å². The van der Waals surface area contributed by atoms with E-state index >= 15 is 0 Å². The molecule has 0 amide bonds. The Labute approximate surface area is 104 Å². The van der Waals surface area contributed by atoms with Crippen molar-refractivity contribution in [2.75, 3.05) is 18.0 Å². The summed E-state index contributed by atoms with van der Waals surface area (Å²) in [5, 5.41) is 9.76. The normalized spacial score (nSPS) is 26.2. The van der Waals surface area contributed by atoms with Crippen LogP contribution >= 0.6 is 0 Å². The molecule has 0 spiro atoms. The molecule has 2 unspecified atom stereocenters. The Bertz CT molecular complexity index is 350. The van der Waals surface area contributed by atoms with Gasteiger partial charge >= 0.3 is 0 Å². The molecule has 17 heavy (non-hydrogen) atoms. The number of nitrogens with zero attached hydrogens (tertiary/aromatic N) is 1. The van der Waals surface area contributed by atoms with E-state index in [0.717, 1.165) is 36.9 Å². The van der Waals surface area contributed by atoms with Gasteiger partial charge in [-0.25, -0.2) is 0 Å². The van der Waals surface area contributed by atoms with Gasteiger partial charge in [0.05, 0.1) is 6.10 Å². The van der Waals surface area contributed by atoms with Crippen LogP contribution in [-0.2, 0) is 0 Å². The van der Waals surface area contributed by atoms with Crippen molar-refractivity contribution in [3.8, 4) is 0 Å². The van der Waals surface area contributed by atoms with E-state index in [9.17, 15) is 5.11 Å². The Kier molecular flexibility index (Phi) is 3.72. The zero-order chi connectivity index (χ0) is 12.4. The molecule has 94 valence electrons. The third-order valence-corrected chi connectivity index (χ3v) is 4.02. The summed E-state index contributed by atoms with van der Waals surface area (Å²) in [6.07, 6.45) is 0.456. The first kappa shape index (κ1) is 12.4. The quantitative estimate of drug-likeness (QED) is 0.866. The number of rotatable bonds is 3. The van der Waals surface area contributed by atoms with Gasteiger partial charge in [0.15, 0.2) is 0 Å². The second kappa shape index (κ2) is 5.09. The Morgan fingerprint density at radius 3 is 2.18 bits per heavy atom. The molecule has 1 aliphatic heterocycles. The molecule has 2 heteroatoms. The van der Waals surface area contributed by atoms with E-state index in [-0.39, 0.29) is 6.10 Å². The van der Waals surface area contributed by atoms with Gasteiger partial charge in [-0.15, -0.1) is 0 Å². The van der Waals surface area contributed by atoms with Gasteiger partial charge in [-0.3, -0.25) is 0 Å². The third kappa shape index (κ3) is 2.63. The van der Waals surface area contributed by atoms with Gasteiger partial charge in [0, 0.05) is 18.8 Å². The first-order chi connectivity index (χ1) is 8.11. The van der Waals surface area contributed by atoms with Crippen LogP contribution in [0.4, 0.5) is 5.69 Å². The number of aliphatic hydroxyl groups is 1. The molecule has 0 aliphatic carbocycles. The molecule has 2 rings (SSSR count). The largest absolute Gasteiger partial charge is 0.388 e. The summed E-state index contributed by atoms with van der Waals surface area (Å²) in [5.74, 6) is 1.55. The van der Waals surface area contributed by atoms with Crippen LogP contribution in [0.5, 0.6) is 0 Å². The number of aliphatic hydroxyl groups excluding tert-OH is 1. The van der Waals surface area contributed by atoms with Crippen molar-refractivity contribution in [2.24, 2.45) is 11.8 Å². The van der Waals surface area contributed by atoms with Crippen molar-refractivity contribution >= 4 is 5.69 Å². The van der Waals surface area contributed by atoms with E-state index in [1.54, 1.807) is 0 Å². The Morgan fingerprint density at radius 1 is 1.18 bits per heavy atom. The van der Waals surface area contributed by atoms with E-state index in [4.69, 9.17) is 0 Å². The van der Waals surface area contributed by atoms with E-state index < -0.39 is 0 Å². The van der Waals surface area contributed by atoms with Gasteiger partial charge in [0.1, 0.15) is 0 Å². The van der Waals surface area contributed by atoms with Gasteiger partial charge in [-0.05, 0) is 36.0 Å². The van der Waals surface area contributed by atoms with Crippen molar-refractivity contribution in [2.45, 2.75) is 33.3 Å². The lowest BCUT2D eigenvalue weighted by molar-refractivity contribution is 0.173. The minimum Gasteiger partial charge on any atom is -0.388 e. The maximum absolute atomic E-state index is 9.76. The van der Waals surface area contributed by atoms with E-state index in [0.29, 0.717) is 0 Å². The van der Waals surface area contributed by atoms with Crippen LogP contribution in [0, 0.1) is 11.8 Å². The lowest BCUT2D eigenvalue weighted by atomic mass is 10.0. The van der Waals surface area contributed by atoms with Gasteiger partial charge in [0.2, 0.25) is 0 Å². The van der Waals surface area contributed by atoms with Crippen molar-refractivity contribution in [1.82, 2.24) is 0 Å². The molecule has 1 aromatic carbocycles. The summed E-state index contributed by atoms with van der Waals surface area (Å²) in [6.45, 7) is 8.94. The lowest BCUT2D eigenvalue weighted by Crippen LogP contribution is -2.19. The minimum atomic E-state index is -0.319. The van der Waals surface area contributed by atoms with Gasteiger partial charge in [-0.1, -0.05) is 32.9 Å². The number of hydrogen-bond acceptors (Lipinski definition) is 2. The molecule has 0 aromatic heterocycles. The molecule has 1 heterocycles. The summed E-state index contributed by atoms with van der Waals surface area (Å²) >= 11 is 0. The number of benzene rings is 1. The Hall–Kier alpha value is -1.02. The first-order valence-corrected chi connectivity index (χ1v) is 6.64. The molecule has 0 bridgehead atoms. The Balaban J connectivity index is 2.08. The van der Waals surface area contributed by atoms with Crippen molar-refractivity contribution in [1.29, 1.82) is 0 Å². The molecule has 1 aliphatic rings. The maximum atomic E-state index is 9.76. The highest BCUT2D eigenvalue weighted by molar-refractivity contribution is 5.49. The zero-order valence-corrected chi connectivity index (χ0v) is 11.1. The molecular weight excluding hydrogens is 210 g/mol. The first-order valence-electron chi connectivity index (χ1n) is 6.64. The van der Waals surface area contributed by atoms with Crippen LogP contribution in [0.1, 0.15) is 38.9 Å². The molecule has 1 N–H and O–H groups in total. The second-order valence-electron chi connectivity index (χ2n) is 5.38. The van der Waals surface area contributed by atoms with Crippen LogP contribution < -0.4 is 4.90 Å². The van der Waals surface area contributed by atoms with E-state index in [1.165, 1.54) is 5.69 Å². The Morgan fingerprint density at radius 2 is 1.71 bits per heavy atom. The van der Waals surface area contributed by atoms with Crippen LogP contribution in [-0.4, -0.2) is 18.2 Å². The summed E-state index contributed by atoms with van der Waals surface area (Å²) in [4.78, 5) is 2.44. The predicted molar refractivity (Wildman–Crippen MR) is 72.2 cm³/mol. The number of anilines is 1. The summed E-state index contributed by atoms with van der Waals surface area (Å²) in [7, 11) is 0. The molecular formula is C15H23NO. The van der Waals surface area contributed by atoms with Crippen molar-refractivity contribution < 1.29 is 5.11 Å². The van der Waals surface area contributed by atoms with Crippen molar-refractivity contribution in [3.63, 3.8) is 0 Å². The number of hydrogen-bond donors (Lipinski definition) is 1. The van der Waals surface area contributed by atoms with Crippen molar-refractivity contribution in [3.05, 3.63) is 29.8 Å². The van der Waals surface area contributed by atoms with Crippen LogP contribution in [0.3, 0.4) is 0 Å². The van der Waals surface area contributed by atoms with Gasteiger partial charge < -0.3 is 10.0 Å². The lowest BCUT2D eigenvalue weighted by Gasteiger charge is -2.19. The molecule has 2 nitrogen and oxygen atoms in total. The fraction of sp³-hybridized carbons (Fsp3) is 0.600. The molecule has 0 saturated carbocycles. The smallest absolute Gasteiger partial charge is 0.0787 e. The van der Waals surface area contributed by atoms with Crippen LogP contribution in [0.15, 0.2) is 24.3 Å². The molecule has 0 radical (unpaired) electrons. The summed E-state index contributed by atoms with van der Waals surface area (Å²) in [5.41, 5.74) is 2.31. The predicted octanol–water partition coefficient (Wildman–Crippen LogP) is 3.22. The highest BCUT2D eigenvalue weighted by atomic mass is 16.3. The van der Waals surface area contributed by atoms with Gasteiger partial charge in [-0.2, -0.15) is 0 Å². The fourth-order valence-corrected chi connectivity index (χ4v) is 2.48. The average molecular weight is 233 g/mol. The molecule has 1 fully saturated rings. The third-order valence-electron chi connectivity index (χ3n) is 4.02. The maximum Gasteiger partial charge on any atom is 0.0787 e. The molecule has 1 aromatic rings. The topological polar surface area (TPSA) is 23.5 Å². The van der Waals surface area contributed by atoms with E-state index in [1.807, 2.05) is 6.92 Å². The zero-order valence-electron chi connectivity index (χ0n) is 11.1. The molecule has 1 saturated heterocycles.